The van der Waals surface area contributed by atoms with Crippen LogP contribution in [0.15, 0.2) is 47.4 Å². The van der Waals surface area contributed by atoms with Crippen molar-refractivity contribution >= 4 is 27.4 Å². The molecule has 0 aliphatic heterocycles. The third-order valence-corrected chi connectivity index (χ3v) is 4.68. The Labute approximate surface area is 156 Å². The molecular weight excluding hydrogens is 376 g/mol. The van der Waals surface area contributed by atoms with Crippen LogP contribution in [0.25, 0.3) is 0 Å². The van der Waals surface area contributed by atoms with Gasteiger partial charge >= 0.3 is 5.97 Å². The monoisotopic (exact) mass is 396 g/mol. The highest BCUT2D eigenvalue weighted by atomic mass is 32.2. The number of rotatable bonds is 6. The molecule has 0 unspecified atom stereocenters. The number of esters is 1. The lowest BCUT2D eigenvalue weighted by Gasteiger charge is -2.10. The molecular formula is C17H20N2O7S. The maximum Gasteiger partial charge on any atom is 0.338 e. The summed E-state index contributed by atoms with van der Waals surface area (Å²) in [6.07, 6.45) is 0. The van der Waals surface area contributed by atoms with E-state index in [0.29, 0.717) is 5.56 Å². The van der Waals surface area contributed by atoms with Gasteiger partial charge in [0.1, 0.15) is 0 Å². The topological polar surface area (TPSA) is 136 Å². The molecule has 0 bridgehead atoms. The van der Waals surface area contributed by atoms with E-state index in [1.807, 2.05) is 13.8 Å². The van der Waals surface area contributed by atoms with Gasteiger partial charge in [0.05, 0.1) is 24.2 Å². The van der Waals surface area contributed by atoms with Gasteiger partial charge in [0.15, 0.2) is 4.90 Å². The molecule has 2 aromatic rings. The van der Waals surface area contributed by atoms with E-state index < -0.39 is 31.5 Å². The molecule has 0 atom stereocenters. The molecule has 0 amide bonds. The normalized spacial score (nSPS) is 10.4. The number of anilines is 1. The molecule has 0 aliphatic rings. The predicted octanol–water partition coefficient (Wildman–Crippen LogP) is 2.70. The van der Waals surface area contributed by atoms with Crippen LogP contribution in [0.5, 0.6) is 0 Å². The number of aliphatic hydroxyl groups excluding tert-OH is 1. The van der Waals surface area contributed by atoms with Gasteiger partial charge in [0.25, 0.3) is 15.7 Å². The average molecular weight is 396 g/mol. The highest BCUT2D eigenvalue weighted by molar-refractivity contribution is 7.92. The van der Waals surface area contributed by atoms with E-state index >= 15 is 0 Å². The van der Waals surface area contributed by atoms with Crippen LogP contribution in [0.2, 0.25) is 0 Å². The molecule has 0 radical (unpaired) electrons. The lowest BCUT2D eigenvalue weighted by atomic mass is 10.2. The van der Waals surface area contributed by atoms with E-state index in [4.69, 9.17) is 5.11 Å². The van der Waals surface area contributed by atoms with Crippen LogP contribution in [0, 0.1) is 10.1 Å². The number of benzene rings is 2. The Morgan fingerprint density at radius 3 is 2.26 bits per heavy atom. The first kappa shape index (κ1) is 22.1. The van der Waals surface area contributed by atoms with Crippen LogP contribution < -0.4 is 4.72 Å². The molecule has 0 saturated heterocycles. The lowest BCUT2D eigenvalue weighted by molar-refractivity contribution is -0.387. The number of hydrogen-bond donors (Lipinski definition) is 2. The maximum atomic E-state index is 12.5. The minimum Gasteiger partial charge on any atom is -0.465 e. The molecule has 2 rings (SSSR count). The van der Waals surface area contributed by atoms with E-state index in [2.05, 4.69) is 9.46 Å². The van der Waals surface area contributed by atoms with Crippen molar-refractivity contribution < 1.29 is 28.0 Å². The minimum absolute atomic E-state index is 0.138. The van der Waals surface area contributed by atoms with Crippen molar-refractivity contribution in [3.63, 3.8) is 0 Å². The average Bonchev–Trinajstić information content (AvgIpc) is 2.68. The molecule has 0 heterocycles. The number of nitrogens with one attached hydrogen (secondary N) is 1. The number of nitro groups is 1. The zero-order chi connectivity index (χ0) is 20.6. The second kappa shape index (κ2) is 9.64. The first-order valence-electron chi connectivity index (χ1n) is 7.88. The number of nitrogens with zero attached hydrogens (tertiary/aromatic N) is 1. The number of ether oxygens (including phenoxy) is 1. The molecule has 27 heavy (non-hydrogen) atoms. The Morgan fingerprint density at radius 1 is 1.19 bits per heavy atom. The number of carbonyl (C=O) groups excluding carboxylic acids is 1. The van der Waals surface area contributed by atoms with Crippen molar-refractivity contribution in [3.8, 4) is 0 Å². The van der Waals surface area contributed by atoms with Crippen molar-refractivity contribution in [2.24, 2.45) is 0 Å². The van der Waals surface area contributed by atoms with Gasteiger partial charge in [-0.25, -0.2) is 13.2 Å². The van der Waals surface area contributed by atoms with E-state index in [9.17, 15) is 23.3 Å². The third-order valence-electron chi connectivity index (χ3n) is 3.25. The standard InChI is InChI=1S/C15H14N2O7S.C2H6/c1-24-15(19)11-4-7-14(13(8-11)17(20)21)25(22,23)16-12-5-2-10(9-18)3-6-12;1-2/h2-8,16,18H,9H2,1H3;1-2H3. The summed E-state index contributed by atoms with van der Waals surface area (Å²) in [5, 5.41) is 20.2. The summed E-state index contributed by atoms with van der Waals surface area (Å²) in [4.78, 5) is 21.2. The molecule has 0 spiro atoms. The Morgan fingerprint density at radius 2 is 1.78 bits per heavy atom. The van der Waals surface area contributed by atoms with Crippen LogP contribution in [0.1, 0.15) is 29.8 Å². The summed E-state index contributed by atoms with van der Waals surface area (Å²) in [5.74, 6) is -0.820. The van der Waals surface area contributed by atoms with Gasteiger partial charge in [-0.15, -0.1) is 0 Å². The van der Waals surface area contributed by atoms with Crippen molar-refractivity contribution in [1.29, 1.82) is 0 Å². The van der Waals surface area contributed by atoms with Crippen LogP contribution in [0.3, 0.4) is 0 Å². The molecule has 0 saturated carbocycles. The van der Waals surface area contributed by atoms with Crippen molar-refractivity contribution in [2.45, 2.75) is 25.3 Å². The fourth-order valence-electron chi connectivity index (χ4n) is 2.02. The molecule has 2 aromatic carbocycles. The number of sulfonamides is 1. The molecule has 2 N–H and O–H groups in total. The highest BCUT2D eigenvalue weighted by Gasteiger charge is 2.27. The van der Waals surface area contributed by atoms with Crippen LogP contribution >= 0.6 is 0 Å². The zero-order valence-corrected chi connectivity index (χ0v) is 15.8. The van der Waals surface area contributed by atoms with Crippen LogP contribution in [-0.4, -0.2) is 31.5 Å². The van der Waals surface area contributed by atoms with Crippen molar-refractivity contribution in [2.75, 3.05) is 11.8 Å². The first-order valence-corrected chi connectivity index (χ1v) is 9.36. The molecule has 146 valence electrons. The Kier molecular flexibility index (Phi) is 7.88. The number of carbonyl (C=O) groups is 1. The Bertz CT molecular complexity index is 909. The van der Waals surface area contributed by atoms with Crippen molar-refractivity contribution in [1.82, 2.24) is 0 Å². The van der Waals surface area contributed by atoms with Gasteiger partial charge in [-0.3, -0.25) is 14.8 Å². The van der Waals surface area contributed by atoms with E-state index in [0.717, 1.165) is 25.3 Å². The Hall–Kier alpha value is -2.98. The van der Waals surface area contributed by atoms with Gasteiger partial charge in [0, 0.05) is 11.8 Å². The van der Waals surface area contributed by atoms with Crippen LogP contribution in [-0.2, 0) is 21.4 Å². The summed E-state index contributed by atoms with van der Waals surface area (Å²) >= 11 is 0. The first-order chi connectivity index (χ1) is 12.8. The van der Waals surface area contributed by atoms with Crippen molar-refractivity contribution in [3.05, 3.63) is 63.7 Å². The summed E-state index contributed by atoms with van der Waals surface area (Å²) in [6.45, 7) is 3.80. The quantitative estimate of drug-likeness (QED) is 0.435. The second-order valence-electron chi connectivity index (χ2n) is 4.89. The summed E-state index contributed by atoms with van der Waals surface area (Å²) in [5.41, 5.74) is -0.136. The fraction of sp³-hybridized carbons (Fsp3) is 0.235. The van der Waals surface area contributed by atoms with E-state index in [1.165, 1.54) is 24.3 Å². The Balaban J connectivity index is 0.00000176. The summed E-state index contributed by atoms with van der Waals surface area (Å²) in [6, 6.07) is 8.78. The number of nitro benzene ring substituents is 1. The molecule has 0 aliphatic carbocycles. The zero-order valence-electron chi connectivity index (χ0n) is 15.0. The number of hydrogen-bond acceptors (Lipinski definition) is 7. The van der Waals surface area contributed by atoms with Crippen LogP contribution in [0.4, 0.5) is 11.4 Å². The second-order valence-corrected chi connectivity index (χ2v) is 6.54. The minimum atomic E-state index is -4.26. The molecule has 0 fully saturated rings. The van der Waals surface area contributed by atoms with Gasteiger partial charge < -0.3 is 9.84 Å². The number of aliphatic hydroxyl groups is 1. The summed E-state index contributed by atoms with van der Waals surface area (Å²) in [7, 11) is -3.16. The van der Waals surface area contributed by atoms with Gasteiger partial charge in [-0.05, 0) is 29.8 Å². The van der Waals surface area contributed by atoms with E-state index in [1.54, 1.807) is 0 Å². The molecule has 9 nitrogen and oxygen atoms in total. The largest absolute Gasteiger partial charge is 0.465 e. The predicted molar refractivity (Wildman–Crippen MR) is 99.0 cm³/mol. The van der Waals surface area contributed by atoms with Gasteiger partial charge in [0.2, 0.25) is 0 Å². The molecule has 10 heteroatoms. The van der Waals surface area contributed by atoms with Gasteiger partial charge in [-0.2, -0.15) is 0 Å². The lowest BCUT2D eigenvalue weighted by Crippen LogP contribution is -2.15. The van der Waals surface area contributed by atoms with E-state index in [-0.39, 0.29) is 17.9 Å². The van der Waals surface area contributed by atoms with Gasteiger partial charge in [-0.1, -0.05) is 26.0 Å². The maximum absolute atomic E-state index is 12.5. The summed E-state index contributed by atoms with van der Waals surface area (Å²) < 4.78 is 31.6. The molecule has 0 aromatic heterocycles. The highest BCUT2D eigenvalue weighted by Crippen LogP contribution is 2.27. The number of methoxy groups -OCH3 is 1. The SMILES string of the molecule is CC.COC(=O)c1ccc(S(=O)(=O)Nc2ccc(CO)cc2)c([N+](=O)[O-])c1. The third kappa shape index (κ3) is 5.50. The smallest absolute Gasteiger partial charge is 0.338 e. The fourth-order valence-corrected chi connectivity index (χ4v) is 3.23.